The van der Waals surface area contributed by atoms with E-state index in [9.17, 15) is 4.79 Å². The number of methoxy groups -OCH3 is 1. The van der Waals surface area contributed by atoms with Crippen molar-refractivity contribution in [2.24, 2.45) is 5.73 Å². The number of ether oxygens (including phenoxy) is 1. The van der Waals surface area contributed by atoms with E-state index in [2.05, 4.69) is 21.7 Å². The average Bonchev–Trinajstić information content (AvgIpc) is 3.13. The van der Waals surface area contributed by atoms with E-state index in [1.807, 2.05) is 24.4 Å². The van der Waals surface area contributed by atoms with E-state index in [1.54, 1.807) is 7.11 Å². The number of aromatic amines is 1. The third kappa shape index (κ3) is 3.17. The zero-order valence-corrected chi connectivity index (χ0v) is 17.2. The summed E-state index contributed by atoms with van der Waals surface area (Å²) < 4.78 is 7.58. The minimum Gasteiger partial charge on any atom is -0.497 e. The van der Waals surface area contributed by atoms with Crippen LogP contribution in [0.2, 0.25) is 0 Å². The first kappa shape index (κ1) is 18.9. The lowest BCUT2D eigenvalue weighted by Gasteiger charge is -2.16. The van der Waals surface area contributed by atoms with Crippen molar-refractivity contribution < 1.29 is 4.74 Å². The number of benzene rings is 2. The predicted molar refractivity (Wildman–Crippen MR) is 120 cm³/mol. The molecule has 0 bridgehead atoms. The maximum Gasteiger partial charge on any atom is 0.275 e. The predicted octanol–water partition coefficient (Wildman–Crippen LogP) is 3.78. The molecule has 0 aliphatic heterocycles. The maximum atomic E-state index is 13.0. The van der Waals surface area contributed by atoms with E-state index < -0.39 is 0 Å². The fourth-order valence-corrected chi connectivity index (χ4v) is 4.54. The van der Waals surface area contributed by atoms with Gasteiger partial charge in [-0.15, -0.1) is 0 Å². The SMILES string of the molecule is COc1ccc2c(c1)c(-c1nc3cc4c(cc3[nH]c1=O)CCCC4)cn2CCCN. The quantitative estimate of drug-likeness (QED) is 0.532. The van der Waals surface area contributed by atoms with Gasteiger partial charge in [-0.25, -0.2) is 4.98 Å². The Kier molecular flexibility index (Phi) is 4.79. The molecule has 0 spiro atoms. The molecule has 0 fully saturated rings. The third-order valence-corrected chi connectivity index (χ3v) is 6.10. The van der Waals surface area contributed by atoms with Gasteiger partial charge in [-0.2, -0.15) is 0 Å². The second-order valence-electron chi connectivity index (χ2n) is 8.02. The van der Waals surface area contributed by atoms with Gasteiger partial charge in [-0.3, -0.25) is 4.79 Å². The number of aromatic nitrogens is 3. The molecule has 0 saturated carbocycles. The Bertz CT molecular complexity index is 1300. The Hall–Kier alpha value is -3.12. The molecular weight excluding hydrogens is 376 g/mol. The molecule has 0 unspecified atom stereocenters. The van der Waals surface area contributed by atoms with E-state index in [0.29, 0.717) is 12.2 Å². The Morgan fingerprint density at radius 2 is 1.97 bits per heavy atom. The van der Waals surface area contributed by atoms with Crippen LogP contribution in [0, 0.1) is 0 Å². The van der Waals surface area contributed by atoms with Crippen molar-refractivity contribution in [2.75, 3.05) is 13.7 Å². The fourth-order valence-electron chi connectivity index (χ4n) is 4.54. The van der Waals surface area contributed by atoms with Gasteiger partial charge in [0.2, 0.25) is 0 Å². The standard InChI is InChI=1S/C24H26N4O2/c1-30-17-7-8-22-18(13-17)19(14-28(22)10-4-9-25)23-24(29)27-21-12-16-6-3-2-5-15(16)11-20(21)26-23/h7-8,11-14H,2-6,9-10,25H2,1H3,(H,27,29). The molecule has 5 rings (SSSR count). The topological polar surface area (TPSA) is 85.9 Å². The van der Waals surface area contributed by atoms with Crippen LogP contribution in [0.25, 0.3) is 33.2 Å². The number of fused-ring (bicyclic) bond motifs is 3. The van der Waals surface area contributed by atoms with Crippen molar-refractivity contribution in [3.05, 3.63) is 58.0 Å². The van der Waals surface area contributed by atoms with Gasteiger partial charge in [-0.05, 0) is 80.1 Å². The number of nitrogens with two attached hydrogens (primary N) is 1. The minimum atomic E-state index is -0.168. The molecule has 30 heavy (non-hydrogen) atoms. The Morgan fingerprint density at radius 3 is 2.73 bits per heavy atom. The zero-order valence-electron chi connectivity index (χ0n) is 17.2. The van der Waals surface area contributed by atoms with Gasteiger partial charge in [0.15, 0.2) is 0 Å². The van der Waals surface area contributed by atoms with Crippen LogP contribution in [-0.4, -0.2) is 28.2 Å². The van der Waals surface area contributed by atoms with Gasteiger partial charge in [-0.1, -0.05) is 0 Å². The monoisotopic (exact) mass is 402 g/mol. The number of hydrogen-bond acceptors (Lipinski definition) is 4. The maximum absolute atomic E-state index is 13.0. The van der Waals surface area contributed by atoms with E-state index in [1.165, 1.54) is 24.0 Å². The lowest BCUT2D eigenvalue weighted by atomic mass is 9.91. The molecule has 1 aliphatic rings. The van der Waals surface area contributed by atoms with Crippen LogP contribution < -0.4 is 16.0 Å². The lowest BCUT2D eigenvalue weighted by molar-refractivity contribution is 0.415. The highest BCUT2D eigenvalue weighted by molar-refractivity contribution is 5.96. The highest BCUT2D eigenvalue weighted by Crippen LogP contribution is 2.32. The molecule has 2 aromatic heterocycles. The molecule has 6 heteroatoms. The third-order valence-electron chi connectivity index (χ3n) is 6.10. The highest BCUT2D eigenvalue weighted by atomic mass is 16.5. The van der Waals surface area contributed by atoms with Crippen LogP contribution in [0.1, 0.15) is 30.4 Å². The summed E-state index contributed by atoms with van der Waals surface area (Å²) in [6.07, 6.45) is 7.45. The molecule has 154 valence electrons. The molecule has 1 aliphatic carbocycles. The van der Waals surface area contributed by atoms with E-state index in [-0.39, 0.29) is 5.56 Å². The molecule has 0 radical (unpaired) electrons. The Labute approximate surface area is 174 Å². The minimum absolute atomic E-state index is 0.168. The summed E-state index contributed by atoms with van der Waals surface area (Å²) in [5.74, 6) is 0.756. The Morgan fingerprint density at radius 1 is 1.17 bits per heavy atom. The molecule has 0 saturated heterocycles. The van der Waals surface area contributed by atoms with Crippen LogP contribution in [0.4, 0.5) is 0 Å². The van der Waals surface area contributed by atoms with Crippen LogP contribution in [-0.2, 0) is 19.4 Å². The second kappa shape index (κ2) is 7.61. The van der Waals surface area contributed by atoms with Crippen molar-refractivity contribution in [2.45, 2.75) is 38.6 Å². The van der Waals surface area contributed by atoms with Crippen LogP contribution >= 0.6 is 0 Å². The smallest absolute Gasteiger partial charge is 0.275 e. The summed E-state index contributed by atoms with van der Waals surface area (Å²) in [6, 6.07) is 10.2. The Balaban J connectivity index is 1.72. The van der Waals surface area contributed by atoms with Gasteiger partial charge in [0.25, 0.3) is 5.56 Å². The van der Waals surface area contributed by atoms with Crippen molar-refractivity contribution in [1.82, 2.24) is 14.5 Å². The molecule has 2 aromatic carbocycles. The van der Waals surface area contributed by atoms with Gasteiger partial charge < -0.3 is 20.0 Å². The normalized spacial score (nSPS) is 13.7. The van der Waals surface area contributed by atoms with Gasteiger partial charge >= 0.3 is 0 Å². The van der Waals surface area contributed by atoms with Crippen molar-refractivity contribution in [3.8, 4) is 17.0 Å². The summed E-state index contributed by atoms with van der Waals surface area (Å²) in [5, 5.41) is 0.960. The molecule has 0 atom stereocenters. The molecular formula is C24H26N4O2. The van der Waals surface area contributed by atoms with Gasteiger partial charge in [0.05, 0.1) is 18.1 Å². The highest BCUT2D eigenvalue weighted by Gasteiger charge is 2.18. The van der Waals surface area contributed by atoms with Crippen molar-refractivity contribution >= 4 is 21.9 Å². The molecule has 6 nitrogen and oxygen atoms in total. The molecule has 3 N–H and O–H groups in total. The summed E-state index contributed by atoms with van der Waals surface area (Å²) in [4.78, 5) is 20.9. The number of rotatable bonds is 5. The van der Waals surface area contributed by atoms with Crippen molar-refractivity contribution in [1.29, 1.82) is 0 Å². The summed E-state index contributed by atoms with van der Waals surface area (Å²) >= 11 is 0. The van der Waals surface area contributed by atoms with Crippen molar-refractivity contribution in [3.63, 3.8) is 0 Å². The average molecular weight is 402 g/mol. The number of H-pyrrole nitrogens is 1. The molecule has 2 heterocycles. The van der Waals surface area contributed by atoms with Crippen LogP contribution in [0.3, 0.4) is 0 Å². The zero-order chi connectivity index (χ0) is 20.7. The first-order chi connectivity index (χ1) is 14.7. The van der Waals surface area contributed by atoms with Crippen LogP contribution in [0.15, 0.2) is 41.3 Å². The van der Waals surface area contributed by atoms with E-state index in [4.69, 9.17) is 15.5 Å². The first-order valence-corrected chi connectivity index (χ1v) is 10.6. The van der Waals surface area contributed by atoms with Gasteiger partial charge in [0, 0.05) is 29.2 Å². The van der Waals surface area contributed by atoms with Crippen LogP contribution in [0.5, 0.6) is 5.75 Å². The van der Waals surface area contributed by atoms with E-state index >= 15 is 0 Å². The fraction of sp³-hybridized carbons (Fsp3) is 0.333. The number of aryl methyl sites for hydroxylation is 3. The lowest BCUT2D eigenvalue weighted by Crippen LogP contribution is -2.13. The summed E-state index contributed by atoms with van der Waals surface area (Å²) in [5.41, 5.74) is 12.2. The largest absolute Gasteiger partial charge is 0.497 e. The molecule has 4 aromatic rings. The number of hydrogen-bond donors (Lipinski definition) is 2. The number of nitrogens with zero attached hydrogens (tertiary/aromatic N) is 2. The van der Waals surface area contributed by atoms with Gasteiger partial charge in [0.1, 0.15) is 11.4 Å². The molecule has 0 amide bonds. The first-order valence-electron chi connectivity index (χ1n) is 10.6. The number of nitrogens with one attached hydrogen (secondary N) is 1. The summed E-state index contributed by atoms with van der Waals surface area (Å²) in [7, 11) is 1.65. The van der Waals surface area contributed by atoms with E-state index in [0.717, 1.165) is 59.1 Å². The summed E-state index contributed by atoms with van der Waals surface area (Å²) in [6.45, 7) is 1.41. The second-order valence-corrected chi connectivity index (χ2v) is 8.02.